The van der Waals surface area contributed by atoms with Gasteiger partial charge in [-0.3, -0.25) is 0 Å². The predicted molar refractivity (Wildman–Crippen MR) is 82.2 cm³/mol. The van der Waals surface area contributed by atoms with Gasteiger partial charge in [-0.1, -0.05) is 26.2 Å². The minimum atomic E-state index is -0.562. The standard InChI is InChI=1S/C17H26O4/c1-17(10-6-5-7-11-17)16(18)12-8-9-13(19-2)15(21-4)14(12)20-3/h8-9,16,18H,5-7,10-11H2,1-4H3. The Morgan fingerprint density at radius 2 is 1.57 bits per heavy atom. The van der Waals surface area contributed by atoms with Crippen LogP contribution in [0.3, 0.4) is 0 Å². The number of rotatable bonds is 5. The molecular weight excluding hydrogens is 268 g/mol. The van der Waals surface area contributed by atoms with Crippen molar-refractivity contribution in [1.82, 2.24) is 0 Å². The minimum Gasteiger partial charge on any atom is -0.493 e. The van der Waals surface area contributed by atoms with Crippen LogP contribution in [0.4, 0.5) is 0 Å². The average Bonchev–Trinajstić information content (AvgIpc) is 2.53. The van der Waals surface area contributed by atoms with E-state index in [0.717, 1.165) is 18.4 Å². The van der Waals surface area contributed by atoms with E-state index in [1.165, 1.54) is 19.3 Å². The number of aliphatic hydroxyl groups is 1. The Morgan fingerprint density at radius 1 is 0.952 bits per heavy atom. The molecule has 1 aromatic carbocycles. The molecule has 4 heteroatoms. The molecule has 1 aliphatic carbocycles. The van der Waals surface area contributed by atoms with Gasteiger partial charge in [0.25, 0.3) is 0 Å². The van der Waals surface area contributed by atoms with E-state index in [9.17, 15) is 5.11 Å². The number of hydrogen-bond donors (Lipinski definition) is 1. The largest absolute Gasteiger partial charge is 0.493 e. The highest BCUT2D eigenvalue weighted by molar-refractivity contribution is 5.56. The van der Waals surface area contributed by atoms with Crippen molar-refractivity contribution in [1.29, 1.82) is 0 Å². The van der Waals surface area contributed by atoms with Crippen molar-refractivity contribution in [2.24, 2.45) is 5.41 Å². The Kier molecular flexibility index (Phi) is 4.99. The van der Waals surface area contributed by atoms with Gasteiger partial charge in [-0.2, -0.15) is 0 Å². The van der Waals surface area contributed by atoms with Gasteiger partial charge in [0.1, 0.15) is 0 Å². The van der Waals surface area contributed by atoms with Crippen molar-refractivity contribution in [3.63, 3.8) is 0 Å². The molecule has 0 aliphatic heterocycles. The molecule has 118 valence electrons. The lowest BCUT2D eigenvalue weighted by Gasteiger charge is -2.38. The van der Waals surface area contributed by atoms with Gasteiger partial charge in [-0.25, -0.2) is 0 Å². The average molecular weight is 294 g/mol. The van der Waals surface area contributed by atoms with Gasteiger partial charge in [-0.05, 0) is 30.4 Å². The van der Waals surface area contributed by atoms with E-state index in [2.05, 4.69) is 6.92 Å². The molecule has 0 heterocycles. The summed E-state index contributed by atoms with van der Waals surface area (Å²) in [5, 5.41) is 10.9. The van der Waals surface area contributed by atoms with Gasteiger partial charge < -0.3 is 19.3 Å². The summed E-state index contributed by atoms with van der Waals surface area (Å²) in [6.45, 7) is 2.16. The van der Waals surface area contributed by atoms with Crippen molar-refractivity contribution in [2.75, 3.05) is 21.3 Å². The van der Waals surface area contributed by atoms with Crippen LogP contribution in [0, 0.1) is 5.41 Å². The number of methoxy groups -OCH3 is 3. The number of hydrogen-bond acceptors (Lipinski definition) is 4. The predicted octanol–water partition coefficient (Wildman–Crippen LogP) is 3.72. The molecule has 1 fully saturated rings. The lowest BCUT2D eigenvalue weighted by atomic mass is 9.70. The number of aliphatic hydroxyl groups excluding tert-OH is 1. The monoisotopic (exact) mass is 294 g/mol. The smallest absolute Gasteiger partial charge is 0.203 e. The highest BCUT2D eigenvalue weighted by Crippen LogP contribution is 2.50. The zero-order chi connectivity index (χ0) is 15.5. The Bertz CT molecular complexity index is 478. The van der Waals surface area contributed by atoms with Crippen LogP contribution in [0.15, 0.2) is 12.1 Å². The summed E-state index contributed by atoms with van der Waals surface area (Å²) in [6.07, 6.45) is 5.10. The maximum Gasteiger partial charge on any atom is 0.203 e. The topological polar surface area (TPSA) is 47.9 Å². The molecule has 0 saturated heterocycles. The Morgan fingerprint density at radius 3 is 2.10 bits per heavy atom. The van der Waals surface area contributed by atoms with E-state index in [-0.39, 0.29) is 5.41 Å². The summed E-state index contributed by atoms with van der Waals surface area (Å²) in [7, 11) is 4.77. The molecule has 0 bridgehead atoms. The first-order chi connectivity index (χ1) is 10.1. The zero-order valence-electron chi connectivity index (χ0n) is 13.4. The van der Waals surface area contributed by atoms with E-state index in [4.69, 9.17) is 14.2 Å². The van der Waals surface area contributed by atoms with Crippen LogP contribution in [0.1, 0.15) is 50.7 Å². The molecule has 1 atom stereocenters. The quantitative estimate of drug-likeness (QED) is 0.899. The highest BCUT2D eigenvalue weighted by atomic mass is 16.5. The van der Waals surface area contributed by atoms with E-state index in [1.54, 1.807) is 21.3 Å². The third kappa shape index (κ3) is 2.95. The van der Waals surface area contributed by atoms with Crippen molar-refractivity contribution in [2.45, 2.75) is 45.1 Å². The maximum absolute atomic E-state index is 10.9. The third-order valence-electron chi connectivity index (χ3n) is 4.69. The Labute approximate surface area is 127 Å². The van der Waals surface area contributed by atoms with Crippen LogP contribution in [-0.4, -0.2) is 26.4 Å². The van der Waals surface area contributed by atoms with Crippen LogP contribution < -0.4 is 14.2 Å². The van der Waals surface area contributed by atoms with Gasteiger partial charge in [0, 0.05) is 5.56 Å². The number of benzene rings is 1. The highest BCUT2D eigenvalue weighted by Gasteiger charge is 2.37. The van der Waals surface area contributed by atoms with Crippen LogP contribution in [0.5, 0.6) is 17.2 Å². The minimum absolute atomic E-state index is 0.106. The fourth-order valence-electron chi connectivity index (χ4n) is 3.35. The molecule has 2 rings (SSSR count). The lowest BCUT2D eigenvalue weighted by molar-refractivity contribution is 0.00645. The number of ether oxygens (including phenoxy) is 3. The van der Waals surface area contributed by atoms with Gasteiger partial charge in [0.05, 0.1) is 27.4 Å². The van der Waals surface area contributed by atoms with Crippen molar-refractivity contribution in [3.8, 4) is 17.2 Å². The molecule has 21 heavy (non-hydrogen) atoms. The first kappa shape index (κ1) is 16.0. The summed E-state index contributed by atoms with van der Waals surface area (Å²) in [4.78, 5) is 0. The van der Waals surface area contributed by atoms with Crippen LogP contribution in [0.2, 0.25) is 0 Å². The molecular formula is C17H26O4. The Balaban J connectivity index is 2.42. The summed E-state index contributed by atoms with van der Waals surface area (Å²) < 4.78 is 16.2. The van der Waals surface area contributed by atoms with E-state index in [1.807, 2.05) is 12.1 Å². The van der Waals surface area contributed by atoms with Crippen LogP contribution in [0.25, 0.3) is 0 Å². The fourth-order valence-corrected chi connectivity index (χ4v) is 3.35. The molecule has 0 aromatic heterocycles. The molecule has 0 spiro atoms. The summed E-state index contributed by atoms with van der Waals surface area (Å²) in [6, 6.07) is 3.71. The first-order valence-electron chi connectivity index (χ1n) is 7.54. The Hall–Kier alpha value is -1.42. The van der Waals surface area contributed by atoms with Crippen molar-refractivity contribution >= 4 is 0 Å². The first-order valence-corrected chi connectivity index (χ1v) is 7.54. The summed E-state index contributed by atoms with van der Waals surface area (Å²) >= 11 is 0. The lowest BCUT2D eigenvalue weighted by Crippen LogP contribution is -2.28. The summed E-state index contributed by atoms with van der Waals surface area (Å²) in [5.74, 6) is 1.71. The SMILES string of the molecule is COc1ccc(C(O)C2(C)CCCCC2)c(OC)c1OC. The van der Waals surface area contributed by atoms with Crippen LogP contribution in [-0.2, 0) is 0 Å². The molecule has 0 amide bonds. The molecule has 1 saturated carbocycles. The third-order valence-corrected chi connectivity index (χ3v) is 4.69. The molecule has 1 N–H and O–H groups in total. The second-order valence-electron chi connectivity index (χ2n) is 6.04. The van der Waals surface area contributed by atoms with E-state index in [0.29, 0.717) is 17.2 Å². The van der Waals surface area contributed by atoms with Gasteiger partial charge >= 0.3 is 0 Å². The second-order valence-corrected chi connectivity index (χ2v) is 6.04. The molecule has 0 radical (unpaired) electrons. The second kappa shape index (κ2) is 6.56. The zero-order valence-corrected chi connectivity index (χ0v) is 13.4. The van der Waals surface area contributed by atoms with Gasteiger partial charge in [0.15, 0.2) is 11.5 Å². The molecule has 4 nitrogen and oxygen atoms in total. The molecule has 1 aliphatic rings. The van der Waals surface area contributed by atoms with Gasteiger partial charge in [-0.15, -0.1) is 0 Å². The summed E-state index contributed by atoms with van der Waals surface area (Å²) in [5.41, 5.74) is 0.671. The van der Waals surface area contributed by atoms with Crippen LogP contribution >= 0.6 is 0 Å². The maximum atomic E-state index is 10.9. The van der Waals surface area contributed by atoms with Gasteiger partial charge in [0.2, 0.25) is 5.75 Å². The normalized spacial score (nSPS) is 18.9. The molecule has 1 unspecified atom stereocenters. The van der Waals surface area contributed by atoms with Crippen molar-refractivity contribution < 1.29 is 19.3 Å². The molecule has 1 aromatic rings. The van der Waals surface area contributed by atoms with E-state index >= 15 is 0 Å². The van der Waals surface area contributed by atoms with Crippen molar-refractivity contribution in [3.05, 3.63) is 17.7 Å². The fraction of sp³-hybridized carbons (Fsp3) is 0.647. The van der Waals surface area contributed by atoms with E-state index < -0.39 is 6.10 Å².